The minimum Gasteiger partial charge on any atom is -0.335 e. The largest absolute Gasteiger partial charge is 0.335 e. The SMILES string of the molecule is CC1(C)CC1NC(=O)N1CCCC1. The van der Waals surface area contributed by atoms with Crippen molar-refractivity contribution in [3.8, 4) is 0 Å². The number of likely N-dealkylation sites (tertiary alicyclic amines) is 1. The summed E-state index contributed by atoms with van der Waals surface area (Å²) in [6.45, 7) is 6.28. The van der Waals surface area contributed by atoms with Gasteiger partial charge in [-0.25, -0.2) is 4.79 Å². The Morgan fingerprint density at radius 1 is 1.38 bits per heavy atom. The van der Waals surface area contributed by atoms with Crippen LogP contribution in [0.3, 0.4) is 0 Å². The highest BCUT2D eigenvalue weighted by molar-refractivity contribution is 5.75. The van der Waals surface area contributed by atoms with Gasteiger partial charge in [0.25, 0.3) is 0 Å². The van der Waals surface area contributed by atoms with Crippen molar-refractivity contribution in [1.82, 2.24) is 10.2 Å². The lowest BCUT2D eigenvalue weighted by molar-refractivity contribution is 0.207. The van der Waals surface area contributed by atoms with Crippen LogP contribution in [0.2, 0.25) is 0 Å². The standard InChI is InChI=1S/C10H18N2O/c1-10(2)7-8(10)11-9(13)12-5-3-4-6-12/h8H,3-7H2,1-2H3,(H,11,13). The van der Waals surface area contributed by atoms with Gasteiger partial charge in [0.15, 0.2) is 0 Å². The summed E-state index contributed by atoms with van der Waals surface area (Å²) in [6, 6.07) is 0.564. The van der Waals surface area contributed by atoms with Gasteiger partial charge in [0.2, 0.25) is 0 Å². The Labute approximate surface area is 79.5 Å². The highest BCUT2D eigenvalue weighted by Crippen LogP contribution is 2.44. The van der Waals surface area contributed by atoms with Crippen LogP contribution in [0, 0.1) is 5.41 Å². The second kappa shape index (κ2) is 2.89. The maximum Gasteiger partial charge on any atom is 0.317 e. The molecule has 1 aliphatic carbocycles. The van der Waals surface area contributed by atoms with E-state index in [-0.39, 0.29) is 6.03 Å². The number of amides is 2. The molecule has 13 heavy (non-hydrogen) atoms. The van der Waals surface area contributed by atoms with Gasteiger partial charge in [-0.15, -0.1) is 0 Å². The smallest absolute Gasteiger partial charge is 0.317 e. The first-order chi connectivity index (χ1) is 6.09. The Hall–Kier alpha value is -0.730. The van der Waals surface area contributed by atoms with Crippen LogP contribution in [0.15, 0.2) is 0 Å². The van der Waals surface area contributed by atoms with E-state index in [1.54, 1.807) is 0 Å². The minimum atomic E-state index is 0.146. The van der Waals surface area contributed by atoms with Crippen LogP contribution < -0.4 is 5.32 Å². The van der Waals surface area contributed by atoms with Gasteiger partial charge in [-0.3, -0.25) is 0 Å². The van der Waals surface area contributed by atoms with Crippen LogP contribution in [-0.4, -0.2) is 30.1 Å². The van der Waals surface area contributed by atoms with Crippen LogP contribution in [0.1, 0.15) is 33.1 Å². The van der Waals surface area contributed by atoms with Gasteiger partial charge in [-0.05, 0) is 24.7 Å². The van der Waals surface area contributed by atoms with Crippen LogP contribution in [-0.2, 0) is 0 Å². The topological polar surface area (TPSA) is 32.3 Å². The number of nitrogens with zero attached hydrogens (tertiary/aromatic N) is 1. The monoisotopic (exact) mass is 182 g/mol. The normalized spacial score (nSPS) is 30.3. The van der Waals surface area contributed by atoms with E-state index >= 15 is 0 Å². The van der Waals surface area contributed by atoms with Gasteiger partial charge in [-0.1, -0.05) is 13.8 Å². The van der Waals surface area contributed by atoms with E-state index < -0.39 is 0 Å². The Balaban J connectivity index is 1.79. The number of urea groups is 1. The summed E-state index contributed by atoms with van der Waals surface area (Å²) in [4.78, 5) is 13.5. The molecule has 74 valence electrons. The van der Waals surface area contributed by atoms with Crippen LogP contribution in [0.5, 0.6) is 0 Å². The van der Waals surface area contributed by atoms with Gasteiger partial charge < -0.3 is 10.2 Å². The van der Waals surface area contributed by atoms with Gasteiger partial charge in [0.05, 0.1) is 0 Å². The van der Waals surface area contributed by atoms with E-state index in [0.717, 1.165) is 19.5 Å². The zero-order valence-corrected chi connectivity index (χ0v) is 8.47. The first-order valence-corrected chi connectivity index (χ1v) is 5.15. The molecule has 1 atom stereocenters. The third kappa shape index (κ3) is 1.79. The third-order valence-corrected chi connectivity index (χ3v) is 3.20. The molecule has 2 aliphatic rings. The highest BCUT2D eigenvalue weighted by atomic mass is 16.2. The first-order valence-electron chi connectivity index (χ1n) is 5.15. The predicted octanol–water partition coefficient (Wildman–Crippen LogP) is 1.59. The highest BCUT2D eigenvalue weighted by Gasteiger charge is 2.47. The Kier molecular flexibility index (Phi) is 1.97. The first kappa shape index (κ1) is 8.85. The molecule has 1 saturated heterocycles. The fourth-order valence-electron chi connectivity index (χ4n) is 1.87. The Morgan fingerprint density at radius 2 is 1.92 bits per heavy atom. The summed E-state index contributed by atoms with van der Waals surface area (Å²) < 4.78 is 0. The molecule has 1 unspecified atom stereocenters. The number of nitrogens with one attached hydrogen (secondary N) is 1. The molecule has 0 bridgehead atoms. The third-order valence-electron chi connectivity index (χ3n) is 3.20. The van der Waals surface area contributed by atoms with E-state index in [2.05, 4.69) is 19.2 Å². The van der Waals surface area contributed by atoms with E-state index in [1.165, 1.54) is 12.8 Å². The van der Waals surface area contributed by atoms with Crippen molar-refractivity contribution in [2.45, 2.75) is 39.2 Å². The molecule has 2 rings (SSSR count). The zero-order chi connectivity index (χ0) is 9.47. The van der Waals surface area contributed by atoms with E-state index in [1.807, 2.05) is 4.90 Å². The lowest BCUT2D eigenvalue weighted by Gasteiger charge is -2.16. The molecule has 1 N–H and O–H groups in total. The minimum absolute atomic E-state index is 0.146. The Bertz CT molecular complexity index is 219. The molecule has 1 saturated carbocycles. The molecular weight excluding hydrogens is 164 g/mol. The van der Waals surface area contributed by atoms with Crippen molar-refractivity contribution in [3.63, 3.8) is 0 Å². The van der Waals surface area contributed by atoms with Crippen molar-refractivity contribution < 1.29 is 4.79 Å². The molecule has 0 aromatic rings. The molecule has 0 radical (unpaired) electrons. The number of hydrogen-bond acceptors (Lipinski definition) is 1. The van der Waals surface area contributed by atoms with Crippen LogP contribution >= 0.6 is 0 Å². The summed E-state index contributed by atoms with van der Waals surface area (Å²) in [5.74, 6) is 0. The molecule has 1 aliphatic heterocycles. The maximum absolute atomic E-state index is 11.6. The van der Waals surface area contributed by atoms with E-state index in [0.29, 0.717) is 11.5 Å². The number of carbonyl (C=O) groups excluding carboxylic acids is 1. The predicted molar refractivity (Wildman–Crippen MR) is 51.5 cm³/mol. The quantitative estimate of drug-likeness (QED) is 0.656. The lowest BCUT2D eigenvalue weighted by Crippen LogP contribution is -2.40. The molecule has 3 nitrogen and oxygen atoms in total. The number of carbonyl (C=O) groups is 1. The average Bonchev–Trinajstić information content (AvgIpc) is 2.58. The van der Waals surface area contributed by atoms with Crippen molar-refractivity contribution >= 4 is 6.03 Å². The summed E-state index contributed by atoms with van der Waals surface area (Å²) in [5, 5.41) is 3.07. The fraction of sp³-hybridized carbons (Fsp3) is 0.900. The molecule has 0 spiro atoms. The van der Waals surface area contributed by atoms with Gasteiger partial charge >= 0.3 is 6.03 Å². The Morgan fingerprint density at radius 3 is 2.38 bits per heavy atom. The van der Waals surface area contributed by atoms with Crippen molar-refractivity contribution in [1.29, 1.82) is 0 Å². The van der Waals surface area contributed by atoms with Crippen molar-refractivity contribution in [2.75, 3.05) is 13.1 Å². The molecule has 2 fully saturated rings. The molecule has 1 heterocycles. The summed E-state index contributed by atoms with van der Waals surface area (Å²) >= 11 is 0. The van der Waals surface area contributed by atoms with E-state index in [9.17, 15) is 4.79 Å². The summed E-state index contributed by atoms with van der Waals surface area (Å²) in [5.41, 5.74) is 0.343. The van der Waals surface area contributed by atoms with Crippen LogP contribution in [0.4, 0.5) is 4.79 Å². The zero-order valence-electron chi connectivity index (χ0n) is 8.47. The van der Waals surface area contributed by atoms with E-state index in [4.69, 9.17) is 0 Å². The second-order valence-electron chi connectivity index (χ2n) is 4.89. The summed E-state index contributed by atoms with van der Waals surface area (Å²) in [6.07, 6.45) is 3.47. The maximum atomic E-state index is 11.6. The average molecular weight is 182 g/mol. The van der Waals surface area contributed by atoms with Crippen molar-refractivity contribution in [2.24, 2.45) is 5.41 Å². The lowest BCUT2D eigenvalue weighted by atomic mass is 10.2. The molecule has 0 aromatic carbocycles. The van der Waals surface area contributed by atoms with Crippen LogP contribution in [0.25, 0.3) is 0 Å². The molecule has 3 heteroatoms. The molecular formula is C10H18N2O. The van der Waals surface area contributed by atoms with Crippen molar-refractivity contribution in [3.05, 3.63) is 0 Å². The van der Waals surface area contributed by atoms with Gasteiger partial charge in [0, 0.05) is 19.1 Å². The molecule has 2 amide bonds. The summed E-state index contributed by atoms with van der Waals surface area (Å²) in [7, 11) is 0. The second-order valence-corrected chi connectivity index (χ2v) is 4.89. The van der Waals surface area contributed by atoms with Gasteiger partial charge in [0.1, 0.15) is 0 Å². The molecule has 0 aromatic heterocycles. The van der Waals surface area contributed by atoms with Gasteiger partial charge in [-0.2, -0.15) is 0 Å². The number of rotatable bonds is 1. The fourth-order valence-corrected chi connectivity index (χ4v) is 1.87. The number of hydrogen-bond donors (Lipinski definition) is 1.